The quantitative estimate of drug-likeness (QED) is 0.128. The van der Waals surface area contributed by atoms with E-state index in [9.17, 15) is 0 Å². The fraction of sp³-hybridized carbons (Fsp3) is 0. The second-order valence-corrected chi connectivity index (χ2v) is 24.0. The normalized spacial score (nSPS) is 11.6. The number of hydrogen-bond acceptors (Lipinski definition) is 6. The molecule has 0 fully saturated rings. The molecule has 18 rings (SSSR count). The Hall–Kier alpha value is -12.6. The van der Waals surface area contributed by atoms with Crippen LogP contribution in [0.4, 0.5) is 0 Å². The molecule has 438 valence electrons. The molecule has 0 aliphatic carbocycles. The van der Waals surface area contributed by atoms with E-state index >= 15 is 0 Å². The number of benzene rings is 14. The molecular weight excluding hydrogens is 1140 g/mol. The number of aromatic nitrogens is 4. The van der Waals surface area contributed by atoms with Crippen LogP contribution in [-0.2, 0) is 0 Å². The predicted octanol–water partition coefficient (Wildman–Crippen LogP) is 23.7. The molecule has 0 bridgehead atoms. The highest BCUT2D eigenvalue weighted by atomic mass is 16.3. The van der Waals surface area contributed by atoms with E-state index in [1.165, 1.54) is 16.3 Å². The highest BCUT2D eigenvalue weighted by Gasteiger charge is 2.20. The second kappa shape index (κ2) is 22.7. The van der Waals surface area contributed by atoms with Crippen LogP contribution < -0.4 is 0 Å². The summed E-state index contributed by atoms with van der Waals surface area (Å²) >= 11 is 0. The molecule has 0 spiro atoms. The number of nitrogens with zero attached hydrogens (tertiary/aromatic N) is 4. The van der Waals surface area contributed by atoms with E-state index in [1.807, 2.05) is 48.5 Å². The average molecular weight is 1200 g/mol. The van der Waals surface area contributed by atoms with Gasteiger partial charge in [0, 0.05) is 60.3 Å². The molecule has 0 aliphatic heterocycles. The average Bonchev–Trinajstić information content (AvgIpc) is 1.57. The van der Waals surface area contributed by atoms with Crippen molar-refractivity contribution < 1.29 is 8.83 Å². The van der Waals surface area contributed by atoms with E-state index in [-0.39, 0.29) is 0 Å². The van der Waals surface area contributed by atoms with Crippen molar-refractivity contribution in [2.45, 2.75) is 0 Å². The first-order chi connectivity index (χ1) is 46.5. The van der Waals surface area contributed by atoms with Crippen LogP contribution in [0.3, 0.4) is 0 Å². The number of fused-ring (bicyclic) bond motifs is 10. The summed E-state index contributed by atoms with van der Waals surface area (Å²) in [6.45, 7) is 0. The fourth-order valence-corrected chi connectivity index (χ4v) is 13.5. The van der Waals surface area contributed by atoms with E-state index in [1.54, 1.807) is 0 Å². The molecule has 14 aromatic carbocycles. The van der Waals surface area contributed by atoms with Crippen LogP contribution in [0.1, 0.15) is 0 Å². The summed E-state index contributed by atoms with van der Waals surface area (Å²) in [5, 5.41) is 8.99. The summed E-state index contributed by atoms with van der Waals surface area (Å²) in [7, 11) is 0. The predicted molar refractivity (Wildman–Crippen MR) is 387 cm³/mol. The molecule has 18 aromatic rings. The van der Waals surface area contributed by atoms with Crippen molar-refractivity contribution >= 4 is 65.4 Å². The molecule has 4 aromatic heterocycles. The maximum atomic E-state index is 6.85. The van der Waals surface area contributed by atoms with E-state index in [0.717, 1.165) is 161 Å². The summed E-state index contributed by atoms with van der Waals surface area (Å²) in [6.07, 6.45) is 0. The van der Waals surface area contributed by atoms with Gasteiger partial charge in [-0.3, -0.25) is 0 Å². The Bertz CT molecular complexity index is 5910. The molecule has 4 heterocycles. The third-order valence-corrected chi connectivity index (χ3v) is 18.4. The molecule has 0 unspecified atom stereocenters. The Labute approximate surface area is 542 Å². The second-order valence-electron chi connectivity index (χ2n) is 24.0. The van der Waals surface area contributed by atoms with Crippen molar-refractivity contribution in [2.75, 3.05) is 0 Å². The number of rotatable bonds is 11. The molecule has 0 saturated carbocycles. The van der Waals surface area contributed by atoms with Crippen LogP contribution in [0, 0.1) is 0 Å². The number of para-hydroxylation sites is 1. The van der Waals surface area contributed by atoms with E-state index in [4.69, 9.17) is 28.8 Å². The van der Waals surface area contributed by atoms with E-state index < -0.39 is 0 Å². The lowest BCUT2D eigenvalue weighted by molar-refractivity contribution is 0.669. The largest absolute Gasteiger partial charge is 0.456 e. The summed E-state index contributed by atoms with van der Waals surface area (Å²) in [4.78, 5) is 20.6. The topological polar surface area (TPSA) is 77.8 Å². The maximum Gasteiger partial charge on any atom is 0.160 e. The van der Waals surface area contributed by atoms with E-state index in [0.29, 0.717) is 11.6 Å². The van der Waals surface area contributed by atoms with Crippen molar-refractivity contribution in [1.82, 2.24) is 19.9 Å². The summed E-state index contributed by atoms with van der Waals surface area (Å²) in [6, 6.07) is 115. The van der Waals surface area contributed by atoms with Crippen LogP contribution >= 0.6 is 0 Å². The van der Waals surface area contributed by atoms with Crippen LogP contribution in [0.15, 0.2) is 336 Å². The molecule has 0 aliphatic rings. The minimum atomic E-state index is 0.677. The van der Waals surface area contributed by atoms with Gasteiger partial charge in [-0.2, -0.15) is 0 Å². The van der Waals surface area contributed by atoms with Gasteiger partial charge in [0.2, 0.25) is 0 Å². The Morgan fingerprint density at radius 3 is 1.07 bits per heavy atom. The zero-order valence-electron chi connectivity index (χ0n) is 50.8. The summed E-state index contributed by atoms with van der Waals surface area (Å²) in [5.74, 6) is 1.36. The van der Waals surface area contributed by atoms with Gasteiger partial charge in [0.25, 0.3) is 0 Å². The zero-order valence-corrected chi connectivity index (χ0v) is 50.8. The molecule has 94 heavy (non-hydrogen) atoms. The molecule has 0 amide bonds. The van der Waals surface area contributed by atoms with Crippen LogP contribution in [-0.4, -0.2) is 19.9 Å². The van der Waals surface area contributed by atoms with Gasteiger partial charge in [-0.1, -0.05) is 279 Å². The van der Waals surface area contributed by atoms with Gasteiger partial charge in [-0.25, -0.2) is 19.9 Å². The van der Waals surface area contributed by atoms with Crippen molar-refractivity contribution in [3.8, 4) is 123 Å². The molecule has 0 radical (unpaired) electrons. The lowest BCUT2D eigenvalue weighted by Gasteiger charge is -2.12. The first-order valence-corrected chi connectivity index (χ1v) is 31.7. The van der Waals surface area contributed by atoms with Gasteiger partial charge in [-0.15, -0.1) is 0 Å². The Balaban J connectivity index is 0.628. The standard InChI is InChI=1S/C88H54N4O2/c1-4-14-55(15-5-1)56-28-36-63(37-29-56)78-54-80(92-88(90-78)68-19-8-3-9-20-68)66-42-34-62(35-43-66)74-52-71-45-44-69(50-75(71)86-85(74)73-22-12-13-23-81(73)94-86)59-26-24-57(25-27-59)58-30-38-64(39-31-58)77-53-79(91-87(89-77)67-17-6-2-7-18-67)65-40-32-60(33-41-65)70-47-48-82-76(51-70)84-72-21-11-10-16-61(72)46-49-83(84)93-82/h1-54H. The van der Waals surface area contributed by atoms with Crippen LogP contribution in [0.5, 0.6) is 0 Å². The third-order valence-electron chi connectivity index (χ3n) is 18.4. The first-order valence-electron chi connectivity index (χ1n) is 31.7. The van der Waals surface area contributed by atoms with E-state index in [2.05, 4.69) is 279 Å². The third kappa shape index (κ3) is 9.86. The maximum absolute atomic E-state index is 6.85. The monoisotopic (exact) mass is 1200 g/mol. The molecule has 6 nitrogen and oxygen atoms in total. The summed E-state index contributed by atoms with van der Waals surface area (Å²) < 4.78 is 13.2. The molecule has 0 saturated heterocycles. The van der Waals surface area contributed by atoms with Crippen LogP contribution in [0.2, 0.25) is 0 Å². The van der Waals surface area contributed by atoms with Crippen molar-refractivity contribution in [2.24, 2.45) is 0 Å². The minimum absolute atomic E-state index is 0.677. The minimum Gasteiger partial charge on any atom is -0.456 e. The van der Waals surface area contributed by atoms with Crippen molar-refractivity contribution in [3.05, 3.63) is 328 Å². The summed E-state index contributed by atoms with van der Waals surface area (Å²) in [5.41, 5.74) is 24.2. The number of hydrogen-bond donors (Lipinski definition) is 0. The van der Waals surface area contributed by atoms with Gasteiger partial charge >= 0.3 is 0 Å². The molecular formula is C88H54N4O2. The highest BCUT2D eigenvalue weighted by Crippen LogP contribution is 2.44. The Morgan fingerprint density at radius 1 is 0.191 bits per heavy atom. The first kappa shape index (κ1) is 54.3. The van der Waals surface area contributed by atoms with Gasteiger partial charge in [-0.05, 0) is 120 Å². The smallest absolute Gasteiger partial charge is 0.160 e. The fourth-order valence-electron chi connectivity index (χ4n) is 13.5. The highest BCUT2D eigenvalue weighted by molar-refractivity contribution is 6.22. The lowest BCUT2D eigenvalue weighted by atomic mass is 9.92. The molecule has 0 N–H and O–H groups in total. The SMILES string of the molecule is c1ccc(-c2ccc(-c3cc(-c4ccc(-c5cc6ccc(-c7ccc(-c8ccc(-c9cc(-c%10ccc(-c%11ccc%12oc%13ccc%14ccccc%14c%13c%12c%11)cc%10)nc(-c%10ccccc%10)n9)cc8)cc7)cc6c6oc7ccccc7c56)cc4)nc(-c4ccccc4)n3)cc2)cc1. The van der Waals surface area contributed by atoms with Crippen molar-refractivity contribution in [1.29, 1.82) is 0 Å². The molecule has 6 heteroatoms. The van der Waals surface area contributed by atoms with Gasteiger partial charge in [0.05, 0.1) is 22.8 Å². The van der Waals surface area contributed by atoms with Crippen LogP contribution in [0.25, 0.3) is 189 Å². The number of furan rings is 2. The van der Waals surface area contributed by atoms with Gasteiger partial charge in [0.1, 0.15) is 22.3 Å². The Morgan fingerprint density at radius 2 is 0.553 bits per heavy atom. The zero-order chi connectivity index (χ0) is 62.1. The van der Waals surface area contributed by atoms with Gasteiger partial charge < -0.3 is 8.83 Å². The Kier molecular flexibility index (Phi) is 13.1. The van der Waals surface area contributed by atoms with Crippen molar-refractivity contribution in [3.63, 3.8) is 0 Å². The molecule has 0 atom stereocenters. The van der Waals surface area contributed by atoms with Gasteiger partial charge in [0.15, 0.2) is 11.6 Å². The lowest BCUT2D eigenvalue weighted by Crippen LogP contribution is -1.96.